The second kappa shape index (κ2) is 6.23. The van der Waals surface area contributed by atoms with Crippen molar-refractivity contribution in [3.8, 4) is 0 Å². The van der Waals surface area contributed by atoms with E-state index >= 15 is 0 Å². The first-order valence-corrected chi connectivity index (χ1v) is 3.48. The van der Waals surface area contributed by atoms with Gasteiger partial charge in [-0.2, -0.15) is 0 Å². The van der Waals surface area contributed by atoms with Gasteiger partial charge < -0.3 is 14.4 Å². The average Bonchev–Trinajstić information content (AvgIpc) is 2.04. The molecule has 0 saturated carbocycles. The van der Waals surface area contributed by atoms with Crippen molar-refractivity contribution in [1.29, 1.82) is 0 Å². The predicted octanol–water partition coefficient (Wildman–Crippen LogP) is -3.65. The molecule has 5 heteroatoms. The summed E-state index contributed by atoms with van der Waals surface area (Å²) in [6.07, 6.45) is 1.77. The van der Waals surface area contributed by atoms with Crippen molar-refractivity contribution >= 4 is 12.2 Å². The molecule has 12 heavy (non-hydrogen) atoms. The molecule has 62 valence electrons. The monoisotopic (exact) mass is 195 g/mol. The molecule has 0 aromatic rings. The fourth-order valence-electron chi connectivity index (χ4n) is 1.08. The topological polar surface area (TPSA) is 46.6 Å². The van der Waals surface area contributed by atoms with Crippen LogP contribution in [0.3, 0.4) is 0 Å². The molecule has 0 bridgehead atoms. The Kier molecular flexibility index (Phi) is 6.61. The number of ether oxygens (including phenoxy) is 1. The summed E-state index contributed by atoms with van der Waals surface area (Å²) in [6.45, 7) is 2.73. The first-order chi connectivity index (χ1) is 5.25. The number of nitrogens with zero attached hydrogens (tertiary/aromatic N) is 1. The van der Waals surface area contributed by atoms with Crippen molar-refractivity contribution in [2.45, 2.75) is 13.0 Å². The number of morpholine rings is 1. The molecule has 1 unspecified atom stereocenters. The summed E-state index contributed by atoms with van der Waals surface area (Å²) >= 11 is 0. The number of hydrogen-bond donors (Lipinski definition) is 0. The molecule has 1 rings (SSSR count). The maximum absolute atomic E-state index is 10.9. The van der Waals surface area contributed by atoms with Crippen LogP contribution in [-0.2, 0) is 14.3 Å². The maximum Gasteiger partial charge on any atom is 1.00 e. The Labute approximate surface area is 114 Å². The smallest absolute Gasteiger partial charge is 0.540 e. The molecule has 1 atom stereocenters. The number of hydrogen-bond acceptors (Lipinski definition) is 3. The minimum absolute atomic E-state index is 0. The summed E-state index contributed by atoms with van der Waals surface area (Å²) in [6, 6.07) is -0.499. The van der Waals surface area contributed by atoms with Gasteiger partial charge in [0.15, 0.2) is 0 Å². The van der Waals surface area contributed by atoms with Gasteiger partial charge in [0.05, 0.1) is 6.61 Å². The van der Waals surface area contributed by atoms with Gasteiger partial charge in [-0.25, -0.2) is 6.29 Å². The van der Waals surface area contributed by atoms with E-state index in [9.17, 15) is 9.59 Å². The van der Waals surface area contributed by atoms with Crippen molar-refractivity contribution in [3.05, 3.63) is 0 Å². The summed E-state index contributed by atoms with van der Waals surface area (Å²) in [5.41, 5.74) is 0. The van der Waals surface area contributed by atoms with E-state index in [0.29, 0.717) is 13.2 Å². The van der Waals surface area contributed by atoms with E-state index in [1.807, 2.05) is 0 Å². The van der Waals surface area contributed by atoms with Gasteiger partial charge in [-0.3, -0.25) is 4.79 Å². The Morgan fingerprint density at radius 1 is 1.67 bits per heavy atom. The van der Waals surface area contributed by atoms with E-state index in [0.717, 1.165) is 0 Å². The fourth-order valence-corrected chi connectivity index (χ4v) is 1.08. The summed E-state index contributed by atoms with van der Waals surface area (Å²) in [5, 5.41) is 0. The van der Waals surface area contributed by atoms with Gasteiger partial charge in [0.25, 0.3) is 0 Å². The van der Waals surface area contributed by atoms with E-state index < -0.39 is 6.04 Å². The van der Waals surface area contributed by atoms with Crippen LogP contribution in [-0.4, -0.2) is 42.9 Å². The molecule has 1 fully saturated rings. The van der Waals surface area contributed by atoms with Gasteiger partial charge >= 0.3 is 51.4 Å². The molecule has 1 amide bonds. The van der Waals surface area contributed by atoms with Gasteiger partial charge in [0.2, 0.25) is 5.91 Å². The number of carbonyl (C=O) groups is 1. The molecule has 1 heterocycles. The van der Waals surface area contributed by atoms with E-state index in [-0.39, 0.29) is 63.9 Å². The zero-order valence-electron chi connectivity index (χ0n) is 7.37. The van der Waals surface area contributed by atoms with Crippen LogP contribution in [0.15, 0.2) is 0 Å². The van der Waals surface area contributed by atoms with Crippen LogP contribution < -0.4 is 51.4 Å². The van der Waals surface area contributed by atoms with Crippen molar-refractivity contribution < 1.29 is 65.7 Å². The van der Waals surface area contributed by atoms with Gasteiger partial charge in [-0.1, -0.05) is 0 Å². The molecule has 4 nitrogen and oxygen atoms in total. The molecule has 0 aromatic heterocycles. The molecule has 0 spiro atoms. The van der Waals surface area contributed by atoms with Crippen LogP contribution in [0.2, 0.25) is 0 Å². The molecule has 0 N–H and O–H groups in total. The Bertz CT molecular complexity index is 174. The molecule has 1 aliphatic rings. The number of carbonyl (C=O) groups excluding carboxylic acids is 2. The Balaban J connectivity index is 0.00000121. The zero-order chi connectivity index (χ0) is 8.27. The van der Waals surface area contributed by atoms with Crippen molar-refractivity contribution in [3.63, 3.8) is 0 Å². The Hall–Kier alpha value is 0.736. The Morgan fingerprint density at radius 3 is 2.75 bits per heavy atom. The summed E-state index contributed by atoms with van der Waals surface area (Å²) in [7, 11) is 0. The molecule has 1 saturated heterocycles. The third kappa shape index (κ3) is 3.24. The van der Waals surface area contributed by atoms with Crippen LogP contribution in [0.25, 0.3) is 0 Å². The average molecular weight is 195 g/mol. The summed E-state index contributed by atoms with van der Waals surface area (Å²) in [5.74, 6) is -0.0957. The Morgan fingerprint density at radius 2 is 2.33 bits per heavy atom. The standard InChI is InChI=1S/C7H10NO3.K/c1-6(10)8-2-3-11-5-7(8)4-9;/h7H,2-3,5H2,1H3;/q-1;+1. The minimum atomic E-state index is -0.499. The van der Waals surface area contributed by atoms with Crippen LogP contribution in [0.5, 0.6) is 0 Å². The second-order valence-corrected chi connectivity index (χ2v) is 2.42. The van der Waals surface area contributed by atoms with Gasteiger partial charge in [-0.15, -0.1) is 0 Å². The maximum atomic E-state index is 10.9. The zero-order valence-corrected chi connectivity index (χ0v) is 10.5. The van der Waals surface area contributed by atoms with E-state index in [1.54, 1.807) is 6.29 Å². The molecular formula is C7H10KNO3. The van der Waals surface area contributed by atoms with Crippen LogP contribution in [0, 0.1) is 0 Å². The molecule has 0 aliphatic carbocycles. The SMILES string of the molecule is CC(=O)N1CCOCC1[C-]=O.[K+]. The number of amides is 1. The van der Waals surface area contributed by atoms with E-state index in [2.05, 4.69) is 0 Å². The summed E-state index contributed by atoms with van der Waals surface area (Å²) in [4.78, 5) is 22.6. The first kappa shape index (κ1) is 12.7. The quantitative estimate of drug-likeness (QED) is 0.320. The van der Waals surface area contributed by atoms with Crippen LogP contribution >= 0.6 is 0 Å². The molecular weight excluding hydrogens is 185 g/mol. The van der Waals surface area contributed by atoms with Crippen LogP contribution in [0.4, 0.5) is 0 Å². The normalized spacial score (nSPS) is 22.8. The van der Waals surface area contributed by atoms with Gasteiger partial charge in [0.1, 0.15) is 0 Å². The van der Waals surface area contributed by atoms with Gasteiger partial charge in [-0.05, 0) is 6.04 Å². The summed E-state index contributed by atoms with van der Waals surface area (Å²) < 4.78 is 5.00. The van der Waals surface area contributed by atoms with Crippen molar-refractivity contribution in [1.82, 2.24) is 4.90 Å². The van der Waals surface area contributed by atoms with E-state index in [4.69, 9.17) is 4.74 Å². The fraction of sp³-hybridized carbons (Fsp3) is 0.714. The molecule has 0 aromatic carbocycles. The second-order valence-electron chi connectivity index (χ2n) is 2.42. The predicted molar refractivity (Wildman–Crippen MR) is 37.7 cm³/mol. The molecule has 0 radical (unpaired) electrons. The minimum Gasteiger partial charge on any atom is -0.540 e. The third-order valence-electron chi connectivity index (χ3n) is 1.67. The van der Waals surface area contributed by atoms with E-state index in [1.165, 1.54) is 11.8 Å². The third-order valence-corrected chi connectivity index (χ3v) is 1.67. The first-order valence-electron chi connectivity index (χ1n) is 3.48. The van der Waals surface area contributed by atoms with Gasteiger partial charge in [0, 0.05) is 20.1 Å². The van der Waals surface area contributed by atoms with Crippen molar-refractivity contribution in [2.75, 3.05) is 19.8 Å². The van der Waals surface area contributed by atoms with Crippen molar-refractivity contribution in [2.24, 2.45) is 0 Å². The largest absolute Gasteiger partial charge is 1.00 e. The number of rotatable bonds is 1. The van der Waals surface area contributed by atoms with Crippen LogP contribution in [0.1, 0.15) is 6.92 Å². The molecule has 1 aliphatic heterocycles.